The summed E-state index contributed by atoms with van der Waals surface area (Å²) in [5.41, 5.74) is 1.17. The van der Waals surface area contributed by atoms with Crippen LogP contribution in [-0.2, 0) is 6.42 Å². The highest BCUT2D eigenvalue weighted by Gasteiger charge is 2.54. The van der Waals surface area contributed by atoms with Gasteiger partial charge in [0.05, 0.1) is 4.47 Å². The lowest BCUT2D eigenvalue weighted by atomic mass is 9.59. The van der Waals surface area contributed by atoms with Crippen LogP contribution in [0.4, 0.5) is 0 Å². The van der Waals surface area contributed by atoms with Crippen LogP contribution in [0.15, 0.2) is 16.6 Å². The fourth-order valence-electron chi connectivity index (χ4n) is 3.88. The lowest BCUT2D eigenvalue weighted by molar-refractivity contribution is -0.0773. The first-order chi connectivity index (χ1) is 9.24. The summed E-state index contributed by atoms with van der Waals surface area (Å²) in [6.45, 7) is 6.88. The highest BCUT2D eigenvalue weighted by Crippen LogP contribution is 2.55. The first-order valence-corrected chi connectivity index (χ1v) is 8.79. The molecule has 1 aliphatic carbocycles. The van der Waals surface area contributed by atoms with Crippen LogP contribution in [0.25, 0.3) is 0 Å². The Balaban J connectivity index is 2.06. The zero-order valence-corrected chi connectivity index (χ0v) is 15.2. The first kappa shape index (κ1) is 14.7. The maximum Gasteiger partial charge on any atom is 0.130 e. The molecule has 2 aliphatic rings. The molecule has 0 bridgehead atoms. The minimum absolute atomic E-state index is 0.114. The third-order valence-corrected chi connectivity index (χ3v) is 7.51. The molecule has 1 N–H and O–H groups in total. The van der Waals surface area contributed by atoms with Crippen molar-refractivity contribution in [2.45, 2.75) is 50.5 Å². The molecule has 0 spiro atoms. The van der Waals surface area contributed by atoms with Crippen LogP contribution in [0.3, 0.4) is 0 Å². The Morgan fingerprint density at radius 3 is 2.70 bits per heavy atom. The number of hydrogen-bond donors (Lipinski definition) is 1. The molecular formula is C16H20Br2O2. The minimum atomic E-state index is -0.114. The number of rotatable bonds is 0. The van der Waals surface area contributed by atoms with Gasteiger partial charge in [-0.15, -0.1) is 0 Å². The zero-order valence-electron chi connectivity index (χ0n) is 12.0. The highest BCUT2D eigenvalue weighted by atomic mass is 79.9. The number of aromatic hydroxyl groups is 1. The number of halogens is 2. The van der Waals surface area contributed by atoms with Crippen LogP contribution >= 0.6 is 31.9 Å². The molecule has 1 aromatic carbocycles. The van der Waals surface area contributed by atoms with Crippen molar-refractivity contribution in [3.05, 3.63) is 22.2 Å². The maximum absolute atomic E-state index is 9.91. The molecule has 0 saturated heterocycles. The molecular weight excluding hydrogens is 384 g/mol. The molecule has 3 rings (SSSR count). The van der Waals surface area contributed by atoms with Gasteiger partial charge in [-0.3, -0.25) is 0 Å². The van der Waals surface area contributed by atoms with Crippen LogP contribution < -0.4 is 4.74 Å². The molecule has 20 heavy (non-hydrogen) atoms. The fraction of sp³-hybridized carbons (Fsp3) is 0.625. The molecule has 2 nitrogen and oxygen atoms in total. The van der Waals surface area contributed by atoms with E-state index in [-0.39, 0.29) is 11.0 Å². The summed E-state index contributed by atoms with van der Waals surface area (Å²) in [6.07, 6.45) is 3.16. The van der Waals surface area contributed by atoms with Crippen LogP contribution in [0.2, 0.25) is 0 Å². The van der Waals surface area contributed by atoms with E-state index in [4.69, 9.17) is 4.74 Å². The van der Waals surface area contributed by atoms with Crippen LogP contribution in [0.1, 0.15) is 39.2 Å². The van der Waals surface area contributed by atoms with Gasteiger partial charge in [-0.25, -0.2) is 0 Å². The van der Waals surface area contributed by atoms with Gasteiger partial charge in [0, 0.05) is 10.7 Å². The molecule has 0 aromatic heterocycles. The van der Waals surface area contributed by atoms with Crippen molar-refractivity contribution in [3.8, 4) is 11.5 Å². The number of phenols is 1. The summed E-state index contributed by atoms with van der Waals surface area (Å²) in [5.74, 6) is 1.65. The van der Waals surface area contributed by atoms with E-state index in [1.165, 1.54) is 0 Å². The van der Waals surface area contributed by atoms with Gasteiger partial charge in [0.25, 0.3) is 0 Å². The Morgan fingerprint density at radius 1 is 1.30 bits per heavy atom. The first-order valence-electron chi connectivity index (χ1n) is 7.08. The predicted molar refractivity (Wildman–Crippen MR) is 87.8 cm³/mol. The molecule has 0 unspecified atom stereocenters. The number of ether oxygens (including phenoxy) is 1. The summed E-state index contributed by atoms with van der Waals surface area (Å²) in [4.78, 5) is 0.516. The van der Waals surface area contributed by atoms with E-state index < -0.39 is 0 Å². The molecule has 0 radical (unpaired) electrons. The summed E-state index contributed by atoms with van der Waals surface area (Å²) in [7, 11) is 0. The lowest BCUT2D eigenvalue weighted by Gasteiger charge is -2.55. The number of benzene rings is 1. The van der Waals surface area contributed by atoms with Crippen molar-refractivity contribution < 1.29 is 9.84 Å². The van der Waals surface area contributed by atoms with E-state index in [0.29, 0.717) is 21.0 Å². The molecule has 1 aliphatic heterocycles. The monoisotopic (exact) mass is 402 g/mol. The Morgan fingerprint density at radius 2 is 2.00 bits per heavy atom. The Labute approximate surface area is 137 Å². The SMILES string of the molecule is CC1(C)[C@@H](Br)CC[C@]2(C)Oc3cc(Br)c(O)cc3C[C@@H]12. The minimum Gasteiger partial charge on any atom is -0.507 e. The average Bonchev–Trinajstić information content (AvgIpc) is 2.36. The molecule has 0 amide bonds. The summed E-state index contributed by atoms with van der Waals surface area (Å²) >= 11 is 7.22. The maximum atomic E-state index is 9.91. The van der Waals surface area contributed by atoms with Crippen LogP contribution in [-0.4, -0.2) is 15.5 Å². The quantitative estimate of drug-likeness (QED) is 0.614. The van der Waals surface area contributed by atoms with Crippen molar-refractivity contribution in [2.75, 3.05) is 0 Å². The Hall–Kier alpha value is -0.220. The van der Waals surface area contributed by atoms with Crippen LogP contribution in [0, 0.1) is 11.3 Å². The van der Waals surface area contributed by atoms with Crippen molar-refractivity contribution in [1.82, 2.24) is 0 Å². The molecule has 3 atom stereocenters. The van der Waals surface area contributed by atoms with Gasteiger partial charge in [0.2, 0.25) is 0 Å². The van der Waals surface area contributed by atoms with Gasteiger partial charge in [-0.1, -0.05) is 29.8 Å². The van der Waals surface area contributed by atoms with Gasteiger partial charge in [-0.05, 0) is 65.2 Å². The number of alkyl halides is 1. The van der Waals surface area contributed by atoms with Crippen molar-refractivity contribution in [2.24, 2.45) is 11.3 Å². The largest absolute Gasteiger partial charge is 0.507 e. The van der Waals surface area contributed by atoms with Gasteiger partial charge in [0.15, 0.2) is 0 Å². The molecule has 1 fully saturated rings. The Kier molecular flexibility index (Phi) is 3.41. The van der Waals surface area contributed by atoms with Crippen LogP contribution in [0.5, 0.6) is 11.5 Å². The number of hydrogen-bond acceptors (Lipinski definition) is 2. The second-order valence-electron chi connectivity index (χ2n) is 6.91. The number of fused-ring (bicyclic) bond motifs is 2. The topological polar surface area (TPSA) is 29.5 Å². The smallest absolute Gasteiger partial charge is 0.130 e. The van der Waals surface area contributed by atoms with E-state index in [0.717, 1.165) is 30.6 Å². The average molecular weight is 404 g/mol. The highest BCUT2D eigenvalue weighted by molar-refractivity contribution is 9.10. The van der Waals surface area contributed by atoms with Gasteiger partial charge in [0.1, 0.15) is 17.1 Å². The van der Waals surface area contributed by atoms with Crippen molar-refractivity contribution in [3.63, 3.8) is 0 Å². The third kappa shape index (κ3) is 2.10. The predicted octanol–water partition coefficient (Wildman–Crippen LogP) is 5.05. The van der Waals surface area contributed by atoms with E-state index in [2.05, 4.69) is 52.6 Å². The summed E-state index contributed by atoms with van der Waals surface area (Å²) < 4.78 is 7.08. The molecule has 110 valence electrons. The summed E-state index contributed by atoms with van der Waals surface area (Å²) in [6, 6.07) is 3.74. The van der Waals surface area contributed by atoms with Crippen molar-refractivity contribution >= 4 is 31.9 Å². The fourth-order valence-corrected chi connectivity index (χ4v) is 4.75. The Bertz CT molecular complexity index is 556. The van der Waals surface area contributed by atoms with E-state index >= 15 is 0 Å². The second kappa shape index (κ2) is 4.64. The second-order valence-corrected chi connectivity index (χ2v) is 8.87. The van der Waals surface area contributed by atoms with Crippen molar-refractivity contribution in [1.29, 1.82) is 0 Å². The van der Waals surface area contributed by atoms with E-state index in [1.807, 2.05) is 12.1 Å². The normalized spacial score (nSPS) is 34.9. The number of phenolic OH excluding ortho intramolecular Hbond substituents is 1. The van der Waals surface area contributed by atoms with E-state index in [1.54, 1.807) is 0 Å². The molecule has 1 saturated carbocycles. The van der Waals surface area contributed by atoms with Gasteiger partial charge >= 0.3 is 0 Å². The third-order valence-electron chi connectivity index (χ3n) is 5.23. The zero-order chi connectivity index (χ0) is 14.7. The van der Waals surface area contributed by atoms with Gasteiger partial charge in [-0.2, -0.15) is 0 Å². The molecule has 4 heteroatoms. The molecule has 1 aromatic rings. The van der Waals surface area contributed by atoms with Gasteiger partial charge < -0.3 is 9.84 Å². The standard InChI is InChI=1S/C16H20Br2O2/c1-15(2)13-7-9-6-11(19)10(17)8-12(9)20-16(13,3)5-4-14(15)18/h6,8,13-14,19H,4-5,7H2,1-3H3/t13-,14-,16-/m0/s1. The van der Waals surface area contributed by atoms with E-state index in [9.17, 15) is 5.11 Å². The summed E-state index contributed by atoms with van der Waals surface area (Å²) in [5, 5.41) is 9.91. The lowest BCUT2D eigenvalue weighted by Crippen LogP contribution is -2.57. The molecule has 1 heterocycles.